The fraction of sp³-hybridized carbons (Fsp3) is 0.500. The van der Waals surface area contributed by atoms with Crippen molar-refractivity contribution in [3.8, 4) is 0 Å². The van der Waals surface area contributed by atoms with Crippen molar-refractivity contribution in [3.63, 3.8) is 0 Å². The molecule has 19 heavy (non-hydrogen) atoms. The van der Waals surface area contributed by atoms with Gasteiger partial charge in [-0.25, -0.2) is 0 Å². The molecule has 1 aromatic carbocycles. The molecule has 2 atom stereocenters. The minimum Gasteiger partial charge on any atom is -0.307 e. The Labute approximate surface area is 121 Å². The van der Waals surface area contributed by atoms with Crippen LogP contribution in [-0.4, -0.2) is 30.6 Å². The van der Waals surface area contributed by atoms with E-state index in [2.05, 4.69) is 54.4 Å². The molecular formula is C16H23ClN2. The van der Waals surface area contributed by atoms with Crippen molar-refractivity contribution >= 4 is 11.6 Å². The van der Waals surface area contributed by atoms with Crippen LogP contribution in [0.2, 0.25) is 0 Å². The number of hydrogen-bond donors (Lipinski definition) is 1. The first-order valence-electron chi connectivity index (χ1n) is 7.02. The molecule has 0 saturated carbocycles. The summed E-state index contributed by atoms with van der Waals surface area (Å²) < 4.78 is 0. The highest BCUT2D eigenvalue weighted by Crippen LogP contribution is 2.22. The molecule has 0 bridgehead atoms. The van der Waals surface area contributed by atoms with Crippen LogP contribution >= 0.6 is 11.6 Å². The lowest BCUT2D eigenvalue weighted by molar-refractivity contribution is 0.138. The molecule has 1 aromatic rings. The fourth-order valence-electron chi connectivity index (χ4n) is 2.72. The van der Waals surface area contributed by atoms with Crippen molar-refractivity contribution < 1.29 is 0 Å². The molecule has 1 aliphatic rings. The van der Waals surface area contributed by atoms with Crippen LogP contribution in [0.4, 0.5) is 0 Å². The summed E-state index contributed by atoms with van der Waals surface area (Å²) >= 11 is 5.81. The zero-order valence-electron chi connectivity index (χ0n) is 11.8. The highest BCUT2D eigenvalue weighted by Gasteiger charge is 2.27. The Kier molecular flexibility index (Phi) is 5.44. The van der Waals surface area contributed by atoms with Crippen LogP contribution in [-0.2, 0) is 0 Å². The van der Waals surface area contributed by atoms with Gasteiger partial charge in [-0.15, -0.1) is 0 Å². The second-order valence-corrected chi connectivity index (χ2v) is 5.54. The van der Waals surface area contributed by atoms with Crippen molar-refractivity contribution in [1.82, 2.24) is 10.2 Å². The molecule has 0 radical (unpaired) electrons. The normalized spacial score (nSPS) is 25.5. The van der Waals surface area contributed by atoms with Crippen LogP contribution in [0.15, 0.2) is 41.4 Å². The van der Waals surface area contributed by atoms with Crippen LogP contribution in [0.25, 0.3) is 0 Å². The maximum atomic E-state index is 5.81. The zero-order valence-corrected chi connectivity index (χ0v) is 12.5. The second-order valence-electron chi connectivity index (χ2n) is 5.32. The minimum absolute atomic E-state index is 0.423. The molecule has 2 nitrogen and oxygen atoms in total. The van der Waals surface area contributed by atoms with E-state index in [9.17, 15) is 0 Å². The largest absolute Gasteiger partial charge is 0.307 e. The van der Waals surface area contributed by atoms with Crippen molar-refractivity contribution in [3.05, 3.63) is 47.0 Å². The van der Waals surface area contributed by atoms with Gasteiger partial charge in [-0.3, -0.25) is 4.90 Å². The highest BCUT2D eigenvalue weighted by molar-refractivity contribution is 6.25. The molecule has 2 unspecified atom stereocenters. The minimum atomic E-state index is 0.423. The van der Waals surface area contributed by atoms with E-state index in [1.165, 1.54) is 17.6 Å². The van der Waals surface area contributed by atoms with E-state index in [0.717, 1.165) is 19.6 Å². The van der Waals surface area contributed by atoms with Crippen LogP contribution in [0.1, 0.15) is 31.9 Å². The third kappa shape index (κ3) is 3.82. The molecule has 0 aromatic heterocycles. The van der Waals surface area contributed by atoms with Gasteiger partial charge in [0.05, 0.1) is 0 Å². The second kappa shape index (κ2) is 7.09. The molecular weight excluding hydrogens is 256 g/mol. The third-order valence-corrected chi connectivity index (χ3v) is 4.22. The van der Waals surface area contributed by atoms with E-state index in [-0.39, 0.29) is 0 Å². The van der Waals surface area contributed by atoms with Crippen LogP contribution in [0, 0.1) is 0 Å². The van der Waals surface area contributed by atoms with Gasteiger partial charge in [0.2, 0.25) is 0 Å². The predicted molar refractivity (Wildman–Crippen MR) is 82.4 cm³/mol. The Morgan fingerprint density at radius 3 is 2.79 bits per heavy atom. The first kappa shape index (κ1) is 14.6. The van der Waals surface area contributed by atoms with Gasteiger partial charge >= 0.3 is 0 Å². The maximum absolute atomic E-state index is 5.81. The summed E-state index contributed by atoms with van der Waals surface area (Å²) in [7, 11) is 0. The number of benzene rings is 1. The molecule has 0 amide bonds. The number of hydrogen-bond acceptors (Lipinski definition) is 2. The fourth-order valence-corrected chi connectivity index (χ4v) is 2.78. The summed E-state index contributed by atoms with van der Waals surface area (Å²) in [6, 6.07) is 11.7. The van der Waals surface area contributed by atoms with Gasteiger partial charge < -0.3 is 5.32 Å². The lowest BCUT2D eigenvalue weighted by Gasteiger charge is -2.40. The van der Waals surface area contributed by atoms with E-state index in [1.54, 1.807) is 5.54 Å². The smallest absolute Gasteiger partial charge is 0.0450 e. The van der Waals surface area contributed by atoms with Gasteiger partial charge in [-0.1, -0.05) is 48.9 Å². The Bertz CT molecular complexity index is 416. The Morgan fingerprint density at radius 1 is 1.42 bits per heavy atom. The molecule has 104 valence electrons. The Hall–Kier alpha value is -0.830. The molecule has 1 N–H and O–H groups in total. The van der Waals surface area contributed by atoms with Crippen molar-refractivity contribution in [2.75, 3.05) is 19.6 Å². The standard InChI is InChI=1S/C16H23ClN2/c1-3-15-10-18-16(14-7-5-4-6-8-14)12-19(15)11-13(2)9-17/h4-9,15-16,18H,3,10-12H2,1-2H3/b13-9+. The number of nitrogens with zero attached hydrogens (tertiary/aromatic N) is 1. The highest BCUT2D eigenvalue weighted by atomic mass is 35.5. The van der Waals surface area contributed by atoms with Gasteiger partial charge in [0.25, 0.3) is 0 Å². The van der Waals surface area contributed by atoms with Gasteiger partial charge in [0.1, 0.15) is 0 Å². The van der Waals surface area contributed by atoms with Crippen molar-refractivity contribution in [2.24, 2.45) is 0 Å². The summed E-state index contributed by atoms with van der Waals surface area (Å²) in [4.78, 5) is 2.54. The Balaban J connectivity index is 2.07. The lowest BCUT2D eigenvalue weighted by Crippen LogP contribution is -2.52. The topological polar surface area (TPSA) is 15.3 Å². The summed E-state index contributed by atoms with van der Waals surface area (Å²) in [5.41, 5.74) is 4.30. The van der Waals surface area contributed by atoms with Crippen LogP contribution in [0.5, 0.6) is 0 Å². The van der Waals surface area contributed by atoms with E-state index in [1.807, 2.05) is 0 Å². The zero-order chi connectivity index (χ0) is 13.7. The first-order valence-corrected chi connectivity index (χ1v) is 7.46. The quantitative estimate of drug-likeness (QED) is 0.906. The lowest BCUT2D eigenvalue weighted by atomic mass is 10.00. The van der Waals surface area contributed by atoms with E-state index >= 15 is 0 Å². The maximum Gasteiger partial charge on any atom is 0.0450 e. The number of halogens is 1. The number of rotatable bonds is 4. The monoisotopic (exact) mass is 278 g/mol. The molecule has 2 rings (SSSR count). The van der Waals surface area contributed by atoms with Crippen LogP contribution < -0.4 is 5.32 Å². The van der Waals surface area contributed by atoms with E-state index in [4.69, 9.17) is 11.6 Å². The average Bonchev–Trinajstić information content (AvgIpc) is 2.48. The van der Waals surface area contributed by atoms with E-state index in [0.29, 0.717) is 12.1 Å². The summed E-state index contributed by atoms with van der Waals surface area (Å²) in [5.74, 6) is 0. The Morgan fingerprint density at radius 2 is 2.16 bits per heavy atom. The molecule has 1 fully saturated rings. The van der Waals surface area contributed by atoms with Gasteiger partial charge in [-0.05, 0) is 24.5 Å². The summed E-state index contributed by atoms with van der Waals surface area (Å²) in [6.07, 6.45) is 1.17. The predicted octanol–water partition coefficient (Wildman–Crippen LogP) is 3.55. The molecule has 1 aliphatic heterocycles. The molecule has 1 heterocycles. The SMILES string of the molecule is CCC1CNC(c2ccccc2)CN1C/C(C)=C/Cl. The number of nitrogens with one attached hydrogen (secondary N) is 1. The summed E-state index contributed by atoms with van der Waals surface area (Å²) in [5, 5.41) is 3.66. The van der Waals surface area contributed by atoms with Crippen molar-refractivity contribution in [1.29, 1.82) is 0 Å². The van der Waals surface area contributed by atoms with E-state index < -0.39 is 0 Å². The van der Waals surface area contributed by atoms with Gasteiger partial charge in [0, 0.05) is 37.3 Å². The summed E-state index contributed by atoms with van der Waals surface area (Å²) in [6.45, 7) is 7.41. The molecule has 3 heteroatoms. The van der Waals surface area contributed by atoms with Gasteiger partial charge in [-0.2, -0.15) is 0 Å². The first-order chi connectivity index (χ1) is 9.24. The molecule has 0 spiro atoms. The number of piperazine rings is 1. The average molecular weight is 279 g/mol. The van der Waals surface area contributed by atoms with Crippen LogP contribution in [0.3, 0.4) is 0 Å². The van der Waals surface area contributed by atoms with Gasteiger partial charge in [0.15, 0.2) is 0 Å². The van der Waals surface area contributed by atoms with Crippen molar-refractivity contribution in [2.45, 2.75) is 32.4 Å². The third-order valence-electron chi connectivity index (χ3n) is 3.85. The molecule has 1 saturated heterocycles. The molecule has 0 aliphatic carbocycles.